The Bertz CT molecular complexity index is 593. The minimum absolute atomic E-state index is 0.0205. The van der Waals surface area contributed by atoms with Gasteiger partial charge in [-0.3, -0.25) is 9.36 Å². The van der Waals surface area contributed by atoms with Gasteiger partial charge in [0.05, 0.1) is 6.54 Å². The molecule has 1 aromatic carbocycles. The number of hydrogen-bond acceptors (Lipinski definition) is 3. The van der Waals surface area contributed by atoms with Gasteiger partial charge in [-0.15, -0.1) is 0 Å². The van der Waals surface area contributed by atoms with Crippen molar-refractivity contribution in [2.75, 3.05) is 0 Å². The van der Waals surface area contributed by atoms with E-state index in [1.54, 1.807) is 30.5 Å². The summed E-state index contributed by atoms with van der Waals surface area (Å²) in [5, 5.41) is 0. The number of ketones is 1. The quantitative estimate of drug-likeness (QED) is 0.632. The van der Waals surface area contributed by atoms with Gasteiger partial charge in [-0.1, -0.05) is 30.3 Å². The summed E-state index contributed by atoms with van der Waals surface area (Å²) >= 11 is 2.05. The first kappa shape index (κ1) is 12.0. The molecule has 0 unspecified atom stereocenters. The highest BCUT2D eigenvalue weighted by atomic mass is 127. The topological polar surface area (TPSA) is 52.0 Å². The number of rotatable bonds is 3. The van der Waals surface area contributed by atoms with Crippen LogP contribution in [0.5, 0.6) is 0 Å². The SMILES string of the molecule is O=C(Cn1cc(I)cnc1=O)c1ccccc1. The van der Waals surface area contributed by atoms with Crippen LogP contribution in [-0.4, -0.2) is 15.3 Å². The van der Waals surface area contributed by atoms with E-state index in [-0.39, 0.29) is 12.3 Å². The predicted octanol–water partition coefficient (Wildman–Crippen LogP) is 1.73. The van der Waals surface area contributed by atoms with E-state index >= 15 is 0 Å². The number of carbonyl (C=O) groups excluding carboxylic acids is 1. The van der Waals surface area contributed by atoms with Crippen LogP contribution in [0.2, 0.25) is 0 Å². The Morgan fingerprint density at radius 3 is 2.71 bits per heavy atom. The molecule has 5 heteroatoms. The molecular weight excluding hydrogens is 331 g/mol. The highest BCUT2D eigenvalue weighted by molar-refractivity contribution is 14.1. The molecule has 2 rings (SSSR count). The minimum atomic E-state index is -0.408. The van der Waals surface area contributed by atoms with Gasteiger partial charge in [0.25, 0.3) is 0 Å². The summed E-state index contributed by atoms with van der Waals surface area (Å²) < 4.78 is 2.14. The molecule has 0 atom stereocenters. The Balaban J connectivity index is 2.25. The van der Waals surface area contributed by atoms with Crippen LogP contribution < -0.4 is 5.69 Å². The Kier molecular flexibility index (Phi) is 3.68. The van der Waals surface area contributed by atoms with Crippen molar-refractivity contribution in [1.82, 2.24) is 9.55 Å². The third-order valence-electron chi connectivity index (χ3n) is 2.23. The summed E-state index contributed by atoms with van der Waals surface area (Å²) in [6.07, 6.45) is 3.10. The molecule has 1 heterocycles. The highest BCUT2D eigenvalue weighted by Gasteiger charge is 2.07. The molecule has 0 aliphatic carbocycles. The third-order valence-corrected chi connectivity index (χ3v) is 2.79. The first-order chi connectivity index (χ1) is 8.16. The first-order valence-corrected chi connectivity index (χ1v) is 6.05. The molecule has 1 aromatic heterocycles. The van der Waals surface area contributed by atoms with Gasteiger partial charge >= 0.3 is 5.69 Å². The van der Waals surface area contributed by atoms with Crippen molar-refractivity contribution in [2.24, 2.45) is 0 Å². The van der Waals surface area contributed by atoms with Gasteiger partial charge in [-0.05, 0) is 22.6 Å². The van der Waals surface area contributed by atoms with Crippen LogP contribution in [-0.2, 0) is 6.54 Å². The van der Waals surface area contributed by atoms with E-state index in [9.17, 15) is 9.59 Å². The lowest BCUT2D eigenvalue weighted by Gasteiger charge is -2.04. The molecule has 0 N–H and O–H groups in total. The number of nitrogens with zero attached hydrogens (tertiary/aromatic N) is 2. The van der Waals surface area contributed by atoms with E-state index in [4.69, 9.17) is 0 Å². The van der Waals surface area contributed by atoms with Crippen LogP contribution >= 0.6 is 22.6 Å². The van der Waals surface area contributed by atoms with Gasteiger partial charge in [0.2, 0.25) is 0 Å². The summed E-state index contributed by atoms with van der Waals surface area (Å²) in [6.45, 7) is 0.0205. The fourth-order valence-corrected chi connectivity index (χ4v) is 1.89. The van der Waals surface area contributed by atoms with E-state index in [1.807, 2.05) is 6.07 Å². The van der Waals surface area contributed by atoms with Crippen LogP contribution in [0.15, 0.2) is 47.5 Å². The fourth-order valence-electron chi connectivity index (χ4n) is 1.41. The van der Waals surface area contributed by atoms with Crippen molar-refractivity contribution >= 4 is 28.4 Å². The average molecular weight is 340 g/mol. The van der Waals surface area contributed by atoms with E-state index in [2.05, 4.69) is 27.6 Å². The molecule has 86 valence electrons. The van der Waals surface area contributed by atoms with Crippen molar-refractivity contribution in [3.63, 3.8) is 0 Å². The standard InChI is InChI=1S/C12H9IN2O2/c13-10-6-14-12(17)15(7-10)8-11(16)9-4-2-1-3-5-9/h1-7H,8H2. The second-order valence-electron chi connectivity index (χ2n) is 3.47. The second-order valence-corrected chi connectivity index (χ2v) is 4.72. The lowest BCUT2D eigenvalue weighted by Crippen LogP contribution is -2.26. The van der Waals surface area contributed by atoms with Gasteiger partial charge < -0.3 is 0 Å². The predicted molar refractivity (Wildman–Crippen MR) is 72.0 cm³/mol. The van der Waals surface area contributed by atoms with Crippen LogP contribution in [0.25, 0.3) is 0 Å². The maximum atomic E-state index is 11.9. The Labute approximate surface area is 111 Å². The molecule has 0 radical (unpaired) electrons. The Morgan fingerprint density at radius 2 is 2.00 bits per heavy atom. The molecule has 0 amide bonds. The number of halogens is 1. The van der Waals surface area contributed by atoms with Crippen molar-refractivity contribution in [3.05, 3.63) is 62.3 Å². The van der Waals surface area contributed by atoms with Gasteiger partial charge in [-0.25, -0.2) is 9.78 Å². The van der Waals surface area contributed by atoms with Gasteiger partial charge in [0, 0.05) is 21.5 Å². The van der Waals surface area contributed by atoms with Crippen molar-refractivity contribution in [3.8, 4) is 0 Å². The minimum Gasteiger partial charge on any atom is -0.292 e. The summed E-state index contributed by atoms with van der Waals surface area (Å²) in [5.41, 5.74) is 0.188. The zero-order valence-corrected chi connectivity index (χ0v) is 11.0. The smallest absolute Gasteiger partial charge is 0.292 e. The molecule has 2 aromatic rings. The average Bonchev–Trinajstić information content (AvgIpc) is 2.35. The lowest BCUT2D eigenvalue weighted by atomic mass is 10.1. The summed E-state index contributed by atoms with van der Waals surface area (Å²) in [7, 11) is 0. The molecule has 0 aliphatic heterocycles. The van der Waals surface area contributed by atoms with Crippen LogP contribution in [0.4, 0.5) is 0 Å². The van der Waals surface area contributed by atoms with Gasteiger partial charge in [0.1, 0.15) is 0 Å². The number of benzene rings is 1. The molecule has 0 saturated heterocycles. The van der Waals surface area contributed by atoms with Gasteiger partial charge in [-0.2, -0.15) is 0 Å². The van der Waals surface area contributed by atoms with Gasteiger partial charge in [0.15, 0.2) is 5.78 Å². The monoisotopic (exact) mass is 340 g/mol. The summed E-state index contributed by atoms with van der Waals surface area (Å²) in [6, 6.07) is 8.89. The molecule has 0 aliphatic rings. The molecule has 0 fully saturated rings. The molecular formula is C12H9IN2O2. The van der Waals surface area contributed by atoms with Crippen molar-refractivity contribution < 1.29 is 4.79 Å². The Hall–Kier alpha value is -1.50. The fraction of sp³-hybridized carbons (Fsp3) is 0.0833. The maximum absolute atomic E-state index is 11.9. The molecule has 0 bridgehead atoms. The van der Waals surface area contributed by atoms with Crippen LogP contribution in [0, 0.1) is 3.57 Å². The number of hydrogen-bond donors (Lipinski definition) is 0. The van der Waals surface area contributed by atoms with Crippen LogP contribution in [0.1, 0.15) is 10.4 Å². The molecule has 17 heavy (non-hydrogen) atoms. The zero-order valence-electron chi connectivity index (χ0n) is 8.84. The normalized spacial score (nSPS) is 10.2. The maximum Gasteiger partial charge on any atom is 0.347 e. The van der Waals surface area contributed by atoms with E-state index in [0.29, 0.717) is 5.56 Å². The summed E-state index contributed by atoms with van der Waals surface area (Å²) in [5.74, 6) is -0.100. The largest absolute Gasteiger partial charge is 0.347 e. The molecule has 0 saturated carbocycles. The molecule has 4 nitrogen and oxygen atoms in total. The number of Topliss-reactive ketones (excluding diaryl/α,β-unsaturated/α-hetero) is 1. The zero-order chi connectivity index (χ0) is 12.3. The van der Waals surface area contributed by atoms with Crippen molar-refractivity contribution in [2.45, 2.75) is 6.54 Å². The lowest BCUT2D eigenvalue weighted by molar-refractivity contribution is 0.0970. The van der Waals surface area contributed by atoms with E-state index in [0.717, 1.165) is 3.57 Å². The highest BCUT2D eigenvalue weighted by Crippen LogP contribution is 2.03. The second kappa shape index (κ2) is 5.22. The van der Waals surface area contributed by atoms with Crippen molar-refractivity contribution in [1.29, 1.82) is 0 Å². The third kappa shape index (κ3) is 3.00. The van der Waals surface area contributed by atoms with E-state index < -0.39 is 5.69 Å². The van der Waals surface area contributed by atoms with Crippen LogP contribution in [0.3, 0.4) is 0 Å². The van der Waals surface area contributed by atoms with E-state index in [1.165, 1.54) is 10.8 Å². The first-order valence-electron chi connectivity index (χ1n) is 4.97. The Morgan fingerprint density at radius 1 is 1.29 bits per heavy atom. The molecule has 0 spiro atoms. The number of carbonyl (C=O) groups is 1. The summed E-state index contributed by atoms with van der Waals surface area (Å²) in [4.78, 5) is 27.0. The number of aromatic nitrogens is 2.